The third-order valence-electron chi connectivity index (χ3n) is 3.08. The molecule has 1 aliphatic rings. The Morgan fingerprint density at radius 3 is 2.73 bits per heavy atom. The fraction of sp³-hybridized carbons (Fsp3) is 0.538. The minimum atomic E-state index is 0.366. The van der Waals surface area contributed by atoms with Crippen LogP contribution in [0.25, 0.3) is 0 Å². The van der Waals surface area contributed by atoms with Crippen LogP contribution >= 0.6 is 23.2 Å². The molecule has 1 aromatic rings. The number of rotatable bonds is 4. The van der Waals surface area contributed by atoms with Crippen LogP contribution in [-0.4, -0.2) is 5.38 Å². The summed E-state index contributed by atoms with van der Waals surface area (Å²) in [5.41, 5.74) is 2.45. The van der Waals surface area contributed by atoms with Gasteiger partial charge in [0.15, 0.2) is 0 Å². The summed E-state index contributed by atoms with van der Waals surface area (Å²) in [4.78, 5) is 0. The molecule has 1 saturated carbocycles. The van der Waals surface area contributed by atoms with E-state index in [1.165, 1.54) is 18.4 Å². The zero-order valence-electron chi connectivity index (χ0n) is 8.97. The number of aryl methyl sites for hydroxylation is 2. The molecule has 0 aromatic heterocycles. The molecule has 2 rings (SSSR count). The van der Waals surface area contributed by atoms with E-state index in [1.807, 2.05) is 6.92 Å². The maximum atomic E-state index is 6.27. The third-order valence-corrected chi connectivity index (χ3v) is 4.06. The molecule has 0 aliphatic heterocycles. The van der Waals surface area contributed by atoms with Crippen LogP contribution in [-0.2, 0) is 6.42 Å². The Morgan fingerprint density at radius 1 is 1.40 bits per heavy atom. The predicted molar refractivity (Wildman–Crippen MR) is 66.9 cm³/mol. The number of alkyl halides is 1. The fourth-order valence-corrected chi connectivity index (χ4v) is 2.35. The summed E-state index contributed by atoms with van der Waals surface area (Å²) in [7, 11) is 0. The van der Waals surface area contributed by atoms with Crippen molar-refractivity contribution >= 4 is 23.2 Å². The Hall–Kier alpha value is -0.200. The van der Waals surface area contributed by atoms with Gasteiger partial charge in [-0.2, -0.15) is 0 Å². The molecule has 0 heterocycles. The molecule has 0 N–H and O–H groups in total. The average Bonchev–Trinajstić information content (AvgIpc) is 3.03. The minimum Gasteiger partial charge on any atom is -0.123 e. The van der Waals surface area contributed by atoms with Gasteiger partial charge in [-0.3, -0.25) is 0 Å². The molecule has 1 unspecified atom stereocenters. The fourth-order valence-electron chi connectivity index (χ4n) is 1.79. The van der Waals surface area contributed by atoms with Gasteiger partial charge in [-0.15, -0.1) is 11.6 Å². The molecule has 15 heavy (non-hydrogen) atoms. The molecule has 1 atom stereocenters. The summed E-state index contributed by atoms with van der Waals surface area (Å²) >= 11 is 12.3. The molecule has 0 saturated heterocycles. The largest absolute Gasteiger partial charge is 0.123 e. The lowest BCUT2D eigenvalue weighted by atomic mass is 10.0. The van der Waals surface area contributed by atoms with Crippen molar-refractivity contribution < 1.29 is 0 Å². The molecule has 0 radical (unpaired) electrons. The molecule has 0 bridgehead atoms. The van der Waals surface area contributed by atoms with E-state index in [2.05, 4.69) is 18.2 Å². The predicted octanol–water partition coefficient (Wildman–Crippen LogP) is 4.60. The summed E-state index contributed by atoms with van der Waals surface area (Å²) in [6.45, 7) is 2.03. The number of benzene rings is 1. The summed E-state index contributed by atoms with van der Waals surface area (Å²) in [5.74, 6) is 0.785. The van der Waals surface area contributed by atoms with Gasteiger partial charge in [0.05, 0.1) is 0 Å². The Labute approximate surface area is 102 Å². The van der Waals surface area contributed by atoms with Crippen LogP contribution in [0.2, 0.25) is 5.02 Å². The Morgan fingerprint density at radius 2 is 2.13 bits per heavy atom. The van der Waals surface area contributed by atoms with Crippen LogP contribution in [0.5, 0.6) is 0 Å². The van der Waals surface area contributed by atoms with Gasteiger partial charge in [0.2, 0.25) is 0 Å². The summed E-state index contributed by atoms with van der Waals surface area (Å²) in [6.07, 6.45) is 4.77. The van der Waals surface area contributed by atoms with Gasteiger partial charge in [0.1, 0.15) is 0 Å². The Kier molecular flexibility index (Phi) is 3.58. The van der Waals surface area contributed by atoms with Gasteiger partial charge in [0.25, 0.3) is 0 Å². The molecule has 1 aromatic carbocycles. The van der Waals surface area contributed by atoms with Crippen LogP contribution in [0.1, 0.15) is 30.4 Å². The smallest absolute Gasteiger partial charge is 0.0437 e. The van der Waals surface area contributed by atoms with E-state index in [9.17, 15) is 0 Å². The topological polar surface area (TPSA) is 0 Å². The van der Waals surface area contributed by atoms with Crippen LogP contribution in [0.4, 0.5) is 0 Å². The second-order valence-electron chi connectivity index (χ2n) is 4.48. The van der Waals surface area contributed by atoms with Gasteiger partial charge in [-0.05, 0) is 55.7 Å². The first-order chi connectivity index (χ1) is 7.16. The lowest BCUT2D eigenvalue weighted by molar-refractivity contribution is 0.676. The molecule has 0 amide bonds. The minimum absolute atomic E-state index is 0.366. The lowest BCUT2D eigenvalue weighted by Gasteiger charge is -2.08. The van der Waals surface area contributed by atoms with E-state index < -0.39 is 0 Å². The van der Waals surface area contributed by atoms with Gasteiger partial charge in [0, 0.05) is 10.4 Å². The van der Waals surface area contributed by atoms with Gasteiger partial charge < -0.3 is 0 Å². The first-order valence-electron chi connectivity index (χ1n) is 5.56. The van der Waals surface area contributed by atoms with Crippen molar-refractivity contribution in [3.8, 4) is 0 Å². The molecular weight excluding hydrogens is 227 g/mol. The highest BCUT2D eigenvalue weighted by molar-refractivity contribution is 6.31. The van der Waals surface area contributed by atoms with Crippen molar-refractivity contribution in [3.63, 3.8) is 0 Å². The monoisotopic (exact) mass is 242 g/mol. The molecule has 0 nitrogen and oxygen atoms in total. The van der Waals surface area contributed by atoms with Crippen molar-refractivity contribution in [1.82, 2.24) is 0 Å². The maximum absolute atomic E-state index is 6.27. The summed E-state index contributed by atoms with van der Waals surface area (Å²) < 4.78 is 0. The zero-order valence-corrected chi connectivity index (χ0v) is 10.5. The summed E-state index contributed by atoms with van der Waals surface area (Å²) in [5, 5.41) is 1.23. The third kappa shape index (κ3) is 3.12. The quantitative estimate of drug-likeness (QED) is 0.678. The summed E-state index contributed by atoms with van der Waals surface area (Å²) in [6, 6.07) is 6.29. The number of hydrogen-bond acceptors (Lipinski definition) is 0. The van der Waals surface area contributed by atoms with Crippen molar-refractivity contribution in [2.24, 2.45) is 5.92 Å². The van der Waals surface area contributed by atoms with Crippen molar-refractivity contribution in [3.05, 3.63) is 34.3 Å². The zero-order chi connectivity index (χ0) is 10.8. The number of halogens is 2. The first-order valence-corrected chi connectivity index (χ1v) is 6.37. The molecule has 1 fully saturated rings. The van der Waals surface area contributed by atoms with Gasteiger partial charge >= 0.3 is 0 Å². The number of hydrogen-bond donors (Lipinski definition) is 0. The highest BCUT2D eigenvalue weighted by Gasteiger charge is 2.29. The van der Waals surface area contributed by atoms with Crippen molar-refractivity contribution in [2.75, 3.05) is 0 Å². The van der Waals surface area contributed by atoms with Crippen molar-refractivity contribution in [1.29, 1.82) is 0 Å². The van der Waals surface area contributed by atoms with Crippen LogP contribution in [0.15, 0.2) is 18.2 Å². The van der Waals surface area contributed by atoms with Crippen molar-refractivity contribution in [2.45, 2.75) is 38.0 Å². The average molecular weight is 243 g/mol. The SMILES string of the molecule is Cc1ccc(CCC(Cl)C2CC2)cc1Cl. The maximum Gasteiger partial charge on any atom is 0.0437 e. The van der Waals surface area contributed by atoms with E-state index in [0.717, 1.165) is 29.3 Å². The van der Waals surface area contributed by atoms with E-state index in [-0.39, 0.29) is 0 Å². The standard InChI is InChI=1S/C13H16Cl2/c1-9-2-3-10(8-13(9)15)4-7-12(14)11-5-6-11/h2-3,8,11-12H,4-7H2,1H3. The Bertz CT molecular complexity index is 342. The molecule has 2 heteroatoms. The van der Waals surface area contributed by atoms with Gasteiger partial charge in [-0.25, -0.2) is 0 Å². The van der Waals surface area contributed by atoms with Gasteiger partial charge in [-0.1, -0.05) is 23.7 Å². The normalized spacial score (nSPS) is 17.8. The first kappa shape index (κ1) is 11.3. The Balaban J connectivity index is 1.89. The lowest BCUT2D eigenvalue weighted by Crippen LogP contribution is -2.02. The molecule has 0 spiro atoms. The highest BCUT2D eigenvalue weighted by atomic mass is 35.5. The van der Waals surface area contributed by atoms with E-state index in [1.54, 1.807) is 0 Å². The highest BCUT2D eigenvalue weighted by Crippen LogP contribution is 2.37. The van der Waals surface area contributed by atoms with Crippen LogP contribution in [0.3, 0.4) is 0 Å². The second kappa shape index (κ2) is 4.76. The van der Waals surface area contributed by atoms with E-state index in [4.69, 9.17) is 23.2 Å². The molecule has 1 aliphatic carbocycles. The van der Waals surface area contributed by atoms with Crippen LogP contribution < -0.4 is 0 Å². The van der Waals surface area contributed by atoms with E-state index >= 15 is 0 Å². The van der Waals surface area contributed by atoms with E-state index in [0.29, 0.717) is 5.38 Å². The molecule has 82 valence electrons. The second-order valence-corrected chi connectivity index (χ2v) is 5.44. The van der Waals surface area contributed by atoms with Crippen LogP contribution in [0, 0.1) is 12.8 Å². The molecular formula is C13H16Cl2.